The van der Waals surface area contributed by atoms with Crippen LogP contribution in [0.4, 0.5) is 0 Å². The molecule has 0 aromatic heterocycles. The van der Waals surface area contributed by atoms with Crippen molar-refractivity contribution in [1.82, 2.24) is 0 Å². The van der Waals surface area contributed by atoms with Crippen molar-refractivity contribution in [3.05, 3.63) is 11.1 Å². The lowest BCUT2D eigenvalue weighted by atomic mass is 10.5. The van der Waals surface area contributed by atoms with Crippen molar-refractivity contribution in [1.29, 1.82) is 0 Å². The molecule has 0 aromatic rings. The minimum atomic E-state index is 0.801. The Morgan fingerprint density at radius 3 is 2.75 bits per heavy atom. The Labute approximate surface area is 55.9 Å². The average Bonchev–Trinajstić information content (AvgIpc) is 1.68. The van der Waals surface area contributed by atoms with E-state index in [4.69, 9.17) is 0 Å². The van der Waals surface area contributed by atoms with Crippen LogP contribution in [-0.2, 0) is 0 Å². The van der Waals surface area contributed by atoms with Gasteiger partial charge in [-0.1, -0.05) is 13.0 Å². The molecule has 2 heteroatoms. The van der Waals surface area contributed by atoms with Crippen molar-refractivity contribution >= 4 is 18.8 Å². The zero-order valence-corrected chi connectivity index (χ0v) is 6.15. The van der Waals surface area contributed by atoms with Crippen molar-refractivity contribution in [3.63, 3.8) is 0 Å². The quantitative estimate of drug-likeness (QED) is 0.434. The summed E-state index contributed by atoms with van der Waals surface area (Å²) >= 11 is 4.05. The second-order valence-electron chi connectivity index (χ2n) is 1.36. The Balaban J connectivity index is 3.61. The average molecular weight is 129 g/mol. The van der Waals surface area contributed by atoms with Crippen LogP contribution in [0.15, 0.2) is 16.1 Å². The van der Waals surface area contributed by atoms with Gasteiger partial charge in [-0.15, -0.1) is 12.6 Å². The maximum absolute atomic E-state index is 4.05. The summed E-state index contributed by atoms with van der Waals surface area (Å²) in [5, 5.41) is 0.801. The van der Waals surface area contributed by atoms with Crippen molar-refractivity contribution in [3.8, 4) is 0 Å². The molecule has 0 spiro atoms. The van der Waals surface area contributed by atoms with Gasteiger partial charge in [-0.25, -0.2) is 0 Å². The van der Waals surface area contributed by atoms with Gasteiger partial charge in [0.05, 0.1) is 5.03 Å². The molecule has 0 unspecified atom stereocenters. The van der Waals surface area contributed by atoms with Gasteiger partial charge in [0.2, 0.25) is 0 Å². The second-order valence-corrected chi connectivity index (χ2v) is 1.82. The number of rotatable bonds is 2. The fourth-order valence-electron chi connectivity index (χ4n) is 0.368. The molecule has 0 N–H and O–H groups in total. The summed E-state index contributed by atoms with van der Waals surface area (Å²) in [6.07, 6.45) is 4.69. The summed E-state index contributed by atoms with van der Waals surface area (Å²) in [6.45, 7) is 3.93. The predicted molar refractivity (Wildman–Crippen MR) is 41.5 cm³/mol. The van der Waals surface area contributed by atoms with Crippen molar-refractivity contribution in [2.45, 2.75) is 20.3 Å². The summed E-state index contributed by atoms with van der Waals surface area (Å²) in [4.78, 5) is 3.91. The van der Waals surface area contributed by atoms with Gasteiger partial charge in [0.1, 0.15) is 0 Å². The first-order chi connectivity index (χ1) is 3.81. The highest BCUT2D eigenvalue weighted by molar-refractivity contribution is 7.84. The highest BCUT2D eigenvalue weighted by atomic mass is 32.1. The standard InChI is InChI=1S/C6H11NS/c1-3-5-6(8)7-4-2/h4-5,8H,3H2,1-2H3/b6-5+,7-4?. The third-order valence-corrected chi connectivity index (χ3v) is 0.946. The molecule has 0 aliphatic rings. The van der Waals surface area contributed by atoms with Crippen LogP contribution < -0.4 is 0 Å². The van der Waals surface area contributed by atoms with E-state index in [2.05, 4.69) is 24.5 Å². The third-order valence-electron chi connectivity index (χ3n) is 0.648. The van der Waals surface area contributed by atoms with Crippen LogP contribution in [0.5, 0.6) is 0 Å². The van der Waals surface area contributed by atoms with Gasteiger partial charge in [-0.05, 0) is 13.3 Å². The molecule has 46 valence electrons. The van der Waals surface area contributed by atoms with E-state index in [0.717, 1.165) is 11.4 Å². The van der Waals surface area contributed by atoms with Gasteiger partial charge in [-0.2, -0.15) is 0 Å². The normalized spacial score (nSPS) is 13.1. The van der Waals surface area contributed by atoms with Gasteiger partial charge < -0.3 is 0 Å². The van der Waals surface area contributed by atoms with E-state index >= 15 is 0 Å². The lowest BCUT2D eigenvalue weighted by Crippen LogP contribution is -1.64. The third kappa shape index (κ3) is 3.93. The summed E-state index contributed by atoms with van der Waals surface area (Å²) in [7, 11) is 0. The monoisotopic (exact) mass is 129 g/mol. The molecular formula is C6H11NS. The molecule has 0 amide bonds. The first kappa shape index (κ1) is 7.76. The van der Waals surface area contributed by atoms with Gasteiger partial charge in [0.15, 0.2) is 0 Å². The molecule has 0 radical (unpaired) electrons. The Hall–Kier alpha value is -0.240. The van der Waals surface area contributed by atoms with Crippen LogP contribution in [0.1, 0.15) is 20.3 Å². The molecule has 0 heterocycles. The van der Waals surface area contributed by atoms with Crippen LogP contribution in [0, 0.1) is 0 Å². The first-order valence-corrected chi connectivity index (χ1v) is 3.13. The number of hydrogen-bond donors (Lipinski definition) is 1. The molecule has 1 nitrogen and oxygen atoms in total. The Morgan fingerprint density at radius 2 is 2.38 bits per heavy atom. The van der Waals surface area contributed by atoms with Crippen LogP contribution >= 0.6 is 12.6 Å². The highest BCUT2D eigenvalue weighted by Gasteiger charge is 1.76. The smallest absolute Gasteiger partial charge is 0.0885 e. The van der Waals surface area contributed by atoms with Crippen molar-refractivity contribution in [2.75, 3.05) is 0 Å². The fraction of sp³-hybridized carbons (Fsp3) is 0.500. The topological polar surface area (TPSA) is 12.4 Å². The zero-order valence-electron chi connectivity index (χ0n) is 5.26. The van der Waals surface area contributed by atoms with Crippen LogP contribution in [0.2, 0.25) is 0 Å². The van der Waals surface area contributed by atoms with E-state index in [-0.39, 0.29) is 0 Å². The minimum Gasteiger partial charge on any atom is -0.255 e. The van der Waals surface area contributed by atoms with E-state index in [0.29, 0.717) is 0 Å². The van der Waals surface area contributed by atoms with Crippen LogP contribution in [0.3, 0.4) is 0 Å². The fourth-order valence-corrected chi connectivity index (χ4v) is 0.666. The predicted octanol–water partition coefficient (Wildman–Crippen LogP) is 2.26. The lowest BCUT2D eigenvalue weighted by Gasteiger charge is -1.84. The zero-order chi connectivity index (χ0) is 6.41. The number of aliphatic imine (C=N–C) groups is 1. The maximum atomic E-state index is 4.05. The number of nitrogens with zero attached hydrogens (tertiary/aromatic N) is 1. The Kier molecular flexibility index (Phi) is 4.76. The van der Waals surface area contributed by atoms with E-state index in [1.165, 1.54) is 0 Å². The number of thiol groups is 1. The molecule has 0 saturated carbocycles. The van der Waals surface area contributed by atoms with E-state index < -0.39 is 0 Å². The van der Waals surface area contributed by atoms with Crippen molar-refractivity contribution in [2.24, 2.45) is 4.99 Å². The van der Waals surface area contributed by atoms with Crippen molar-refractivity contribution < 1.29 is 0 Å². The molecule has 0 bridgehead atoms. The number of hydrogen-bond acceptors (Lipinski definition) is 2. The molecular weight excluding hydrogens is 118 g/mol. The number of allylic oxidation sites excluding steroid dienone is 1. The second kappa shape index (κ2) is 4.91. The van der Waals surface area contributed by atoms with Crippen LogP contribution in [0.25, 0.3) is 0 Å². The molecule has 0 saturated heterocycles. The van der Waals surface area contributed by atoms with E-state index in [9.17, 15) is 0 Å². The summed E-state index contributed by atoms with van der Waals surface area (Å²) in [6, 6.07) is 0. The summed E-state index contributed by atoms with van der Waals surface area (Å²) in [5.74, 6) is 0. The molecule has 0 aliphatic carbocycles. The molecule has 0 atom stereocenters. The maximum Gasteiger partial charge on any atom is 0.0885 e. The molecule has 0 aliphatic heterocycles. The Bertz CT molecular complexity index is 105. The largest absolute Gasteiger partial charge is 0.255 e. The summed E-state index contributed by atoms with van der Waals surface area (Å²) in [5.41, 5.74) is 0. The lowest BCUT2D eigenvalue weighted by molar-refractivity contribution is 1.21. The SMILES string of the molecule is CC=N/C(S)=C\CC. The summed E-state index contributed by atoms with van der Waals surface area (Å²) < 4.78 is 0. The minimum absolute atomic E-state index is 0.801. The Morgan fingerprint density at radius 1 is 1.75 bits per heavy atom. The van der Waals surface area contributed by atoms with Gasteiger partial charge in [-0.3, -0.25) is 4.99 Å². The van der Waals surface area contributed by atoms with Gasteiger partial charge in [0, 0.05) is 6.21 Å². The van der Waals surface area contributed by atoms with E-state index in [1.807, 2.05) is 13.0 Å². The van der Waals surface area contributed by atoms with Crippen LogP contribution in [-0.4, -0.2) is 6.21 Å². The molecule has 0 aromatic carbocycles. The van der Waals surface area contributed by atoms with Gasteiger partial charge >= 0.3 is 0 Å². The highest BCUT2D eigenvalue weighted by Crippen LogP contribution is 2.01. The first-order valence-electron chi connectivity index (χ1n) is 2.69. The molecule has 0 rings (SSSR count). The molecule has 8 heavy (non-hydrogen) atoms. The van der Waals surface area contributed by atoms with E-state index in [1.54, 1.807) is 6.21 Å². The van der Waals surface area contributed by atoms with Gasteiger partial charge in [0.25, 0.3) is 0 Å². The molecule has 0 fully saturated rings.